The number of nitrogens with one attached hydrogen (secondary N) is 1. The maximum absolute atomic E-state index is 14.2. The Morgan fingerprint density at radius 2 is 1.51 bits per heavy atom. The lowest BCUT2D eigenvalue weighted by molar-refractivity contribution is -0.139. The molecule has 1 N–H and O–H groups in total. The quantitative estimate of drug-likeness (QED) is 0.258. The highest BCUT2D eigenvalue weighted by Gasteiger charge is 2.34. The summed E-state index contributed by atoms with van der Waals surface area (Å²) < 4.78 is 45.4. The molecule has 0 aliphatic carbocycles. The van der Waals surface area contributed by atoms with Crippen molar-refractivity contribution in [2.45, 2.75) is 31.3 Å². The predicted molar refractivity (Wildman–Crippen MR) is 167 cm³/mol. The van der Waals surface area contributed by atoms with Gasteiger partial charge in [0.15, 0.2) is 11.5 Å². The van der Waals surface area contributed by atoms with E-state index in [2.05, 4.69) is 5.32 Å². The number of rotatable bonds is 13. The van der Waals surface area contributed by atoms with Crippen LogP contribution in [0.2, 0.25) is 15.1 Å². The lowest BCUT2D eigenvalue weighted by atomic mass is 10.1. The molecular formula is C29H32Cl3N3O7S. The third kappa shape index (κ3) is 7.97. The molecule has 0 spiro atoms. The highest BCUT2D eigenvalue weighted by molar-refractivity contribution is 7.92. The summed E-state index contributed by atoms with van der Waals surface area (Å²) in [5.41, 5.74) is 0.590. The van der Waals surface area contributed by atoms with Crippen molar-refractivity contribution in [3.63, 3.8) is 0 Å². The Hall–Kier alpha value is -3.38. The maximum atomic E-state index is 14.2. The van der Waals surface area contributed by atoms with Gasteiger partial charge in [0.2, 0.25) is 11.8 Å². The van der Waals surface area contributed by atoms with Crippen molar-refractivity contribution in [1.82, 2.24) is 10.2 Å². The number of sulfonamides is 1. The third-order valence-electron chi connectivity index (χ3n) is 6.49. The summed E-state index contributed by atoms with van der Waals surface area (Å²) in [6.07, 6.45) is 0. The molecule has 0 aliphatic rings. The molecule has 0 bridgehead atoms. The van der Waals surface area contributed by atoms with E-state index >= 15 is 0 Å². The van der Waals surface area contributed by atoms with E-state index in [4.69, 9.17) is 49.0 Å². The van der Waals surface area contributed by atoms with Crippen molar-refractivity contribution in [3.05, 3.63) is 75.2 Å². The molecule has 0 aromatic heterocycles. The highest BCUT2D eigenvalue weighted by atomic mass is 35.5. The molecule has 0 saturated carbocycles. The minimum atomic E-state index is -4.46. The number of hydrogen-bond acceptors (Lipinski definition) is 7. The second-order valence-electron chi connectivity index (χ2n) is 9.19. The molecule has 2 amide bonds. The first-order valence-corrected chi connectivity index (χ1v) is 15.5. The minimum absolute atomic E-state index is 0.0123. The number of ether oxygens (including phenoxy) is 3. The monoisotopic (exact) mass is 671 g/mol. The molecule has 3 aromatic rings. The molecule has 0 fully saturated rings. The van der Waals surface area contributed by atoms with Crippen LogP contribution in [-0.4, -0.2) is 65.6 Å². The van der Waals surface area contributed by atoms with Crippen LogP contribution >= 0.6 is 34.8 Å². The predicted octanol–water partition coefficient (Wildman–Crippen LogP) is 5.42. The SMILES string of the molecule is CCNC(=O)[C@@H](C)N(Cc1ccc(Cl)c(Cl)c1)C(=O)CN(c1cc(Cl)ccc1OC)S(=O)(=O)c1ccc(OC)c(OC)c1. The van der Waals surface area contributed by atoms with E-state index in [-0.39, 0.29) is 38.7 Å². The Labute approximate surface area is 266 Å². The maximum Gasteiger partial charge on any atom is 0.265 e. The topological polar surface area (TPSA) is 114 Å². The fraction of sp³-hybridized carbons (Fsp3) is 0.310. The molecular weight excluding hydrogens is 641 g/mol. The number of carbonyl (C=O) groups is 2. The molecule has 10 nitrogen and oxygen atoms in total. The summed E-state index contributed by atoms with van der Waals surface area (Å²) >= 11 is 18.6. The van der Waals surface area contributed by atoms with E-state index in [9.17, 15) is 18.0 Å². The summed E-state index contributed by atoms with van der Waals surface area (Å²) in [5.74, 6) is -0.484. The standard InChI is InChI=1S/C29H32Cl3N3O7S/c1-6-33-29(37)18(2)34(16-19-7-10-22(31)23(32)13-19)28(36)17-35(24-14-20(30)8-11-25(24)40-3)43(38,39)21-9-12-26(41-4)27(15-21)42-5/h7-15,18H,6,16-17H2,1-5H3,(H,33,37)/t18-/m1/s1. The van der Waals surface area contributed by atoms with Gasteiger partial charge in [-0.05, 0) is 61.9 Å². The number of likely N-dealkylation sites (N-methyl/N-ethyl adjacent to an activating group) is 1. The number of carbonyl (C=O) groups excluding carboxylic acids is 2. The van der Waals surface area contributed by atoms with Crippen molar-refractivity contribution in [1.29, 1.82) is 0 Å². The number of benzene rings is 3. The average molecular weight is 673 g/mol. The second kappa shape index (κ2) is 14.9. The van der Waals surface area contributed by atoms with Crippen molar-refractivity contribution < 1.29 is 32.2 Å². The number of methoxy groups -OCH3 is 3. The van der Waals surface area contributed by atoms with Crippen molar-refractivity contribution in [2.75, 3.05) is 38.7 Å². The Kier molecular flexibility index (Phi) is 11.8. The minimum Gasteiger partial charge on any atom is -0.495 e. The van der Waals surface area contributed by atoms with Gasteiger partial charge in [0, 0.05) is 24.2 Å². The average Bonchev–Trinajstić information content (AvgIpc) is 2.99. The number of anilines is 1. The summed E-state index contributed by atoms with van der Waals surface area (Å²) in [7, 11) is -0.297. The molecule has 3 aromatic carbocycles. The van der Waals surface area contributed by atoms with Gasteiger partial charge < -0.3 is 24.4 Å². The molecule has 232 valence electrons. The highest BCUT2D eigenvalue weighted by Crippen LogP contribution is 2.37. The first-order valence-electron chi connectivity index (χ1n) is 13.0. The molecule has 0 heterocycles. The van der Waals surface area contributed by atoms with Gasteiger partial charge in [-0.1, -0.05) is 40.9 Å². The molecule has 43 heavy (non-hydrogen) atoms. The van der Waals surface area contributed by atoms with Crippen LogP contribution < -0.4 is 23.8 Å². The van der Waals surface area contributed by atoms with Gasteiger partial charge in [-0.15, -0.1) is 0 Å². The Morgan fingerprint density at radius 1 is 0.860 bits per heavy atom. The Balaban J connectivity index is 2.16. The van der Waals surface area contributed by atoms with Crippen LogP contribution in [0.4, 0.5) is 5.69 Å². The van der Waals surface area contributed by atoms with Crippen LogP contribution in [0.25, 0.3) is 0 Å². The summed E-state index contributed by atoms with van der Waals surface area (Å²) in [4.78, 5) is 28.1. The molecule has 0 unspecified atom stereocenters. The van der Waals surface area contributed by atoms with E-state index in [0.717, 1.165) is 4.31 Å². The van der Waals surface area contributed by atoms with Crippen molar-refractivity contribution in [2.24, 2.45) is 0 Å². The number of amides is 2. The van der Waals surface area contributed by atoms with E-state index in [1.807, 2.05) is 0 Å². The largest absolute Gasteiger partial charge is 0.495 e. The summed E-state index contributed by atoms with van der Waals surface area (Å²) in [6, 6.07) is 12.3. The van der Waals surface area contributed by atoms with E-state index < -0.39 is 34.4 Å². The lowest BCUT2D eigenvalue weighted by Crippen LogP contribution is -2.51. The van der Waals surface area contributed by atoms with Gasteiger partial charge in [-0.25, -0.2) is 8.42 Å². The molecule has 3 rings (SSSR count). The van der Waals surface area contributed by atoms with Crippen LogP contribution in [0.15, 0.2) is 59.5 Å². The van der Waals surface area contributed by atoms with Crippen LogP contribution in [0.3, 0.4) is 0 Å². The fourth-order valence-corrected chi connectivity index (χ4v) is 6.13. The van der Waals surface area contributed by atoms with E-state index in [1.54, 1.807) is 32.0 Å². The summed E-state index contributed by atoms with van der Waals surface area (Å²) in [5, 5.41) is 3.49. The van der Waals surface area contributed by atoms with Gasteiger partial charge in [0.05, 0.1) is 42.0 Å². The van der Waals surface area contributed by atoms with Gasteiger partial charge in [0.1, 0.15) is 18.3 Å². The molecule has 0 aliphatic heterocycles. The Morgan fingerprint density at radius 3 is 2.12 bits per heavy atom. The Bertz CT molecular complexity index is 1590. The van der Waals surface area contributed by atoms with Gasteiger partial charge in [-0.2, -0.15) is 0 Å². The second-order valence-corrected chi connectivity index (χ2v) is 12.3. The van der Waals surface area contributed by atoms with Crippen molar-refractivity contribution >= 4 is 62.3 Å². The lowest BCUT2D eigenvalue weighted by Gasteiger charge is -2.32. The first-order chi connectivity index (χ1) is 20.4. The summed E-state index contributed by atoms with van der Waals surface area (Å²) in [6.45, 7) is 2.85. The van der Waals surface area contributed by atoms with Gasteiger partial charge in [0.25, 0.3) is 10.0 Å². The molecule has 14 heteroatoms. The zero-order valence-electron chi connectivity index (χ0n) is 24.2. The van der Waals surface area contributed by atoms with Gasteiger partial charge in [-0.3, -0.25) is 13.9 Å². The molecule has 0 saturated heterocycles. The molecule has 0 radical (unpaired) electrons. The van der Waals surface area contributed by atoms with Crippen molar-refractivity contribution in [3.8, 4) is 17.2 Å². The smallest absolute Gasteiger partial charge is 0.265 e. The van der Waals surface area contributed by atoms with E-state index in [1.165, 1.54) is 62.6 Å². The zero-order valence-corrected chi connectivity index (χ0v) is 27.3. The first kappa shape index (κ1) is 34.1. The molecule has 1 atom stereocenters. The van der Waals surface area contributed by atoms with Crippen LogP contribution in [0.5, 0.6) is 17.2 Å². The van der Waals surface area contributed by atoms with Gasteiger partial charge >= 0.3 is 0 Å². The van der Waals surface area contributed by atoms with E-state index in [0.29, 0.717) is 22.9 Å². The zero-order chi connectivity index (χ0) is 31.9. The number of halogens is 3. The van der Waals surface area contributed by atoms with Crippen LogP contribution in [-0.2, 0) is 26.2 Å². The normalized spacial score (nSPS) is 11.8. The van der Waals surface area contributed by atoms with Crippen LogP contribution in [0.1, 0.15) is 19.4 Å². The third-order valence-corrected chi connectivity index (χ3v) is 9.22. The van der Waals surface area contributed by atoms with Crippen LogP contribution in [0, 0.1) is 0 Å². The fourth-order valence-electron chi connectivity index (χ4n) is 4.21. The number of nitrogens with zero attached hydrogens (tertiary/aromatic N) is 2. The number of hydrogen-bond donors (Lipinski definition) is 1.